The summed E-state index contributed by atoms with van der Waals surface area (Å²) in [6.45, 7) is 0.759. The maximum atomic E-state index is 13.3. The Hall–Kier alpha value is -2.38. The molecule has 2 fully saturated rings. The van der Waals surface area contributed by atoms with Crippen LogP contribution in [0.4, 0.5) is 19.0 Å². The van der Waals surface area contributed by atoms with Crippen molar-refractivity contribution in [3.63, 3.8) is 0 Å². The molecule has 0 amide bonds. The highest BCUT2D eigenvalue weighted by Crippen LogP contribution is 2.39. The van der Waals surface area contributed by atoms with Gasteiger partial charge in [-0.15, -0.1) is 0 Å². The van der Waals surface area contributed by atoms with Gasteiger partial charge in [-0.3, -0.25) is 4.79 Å². The fourth-order valence-electron chi connectivity index (χ4n) is 3.54. The summed E-state index contributed by atoms with van der Waals surface area (Å²) in [6.07, 6.45) is 0.522. The molecule has 0 spiro atoms. The first-order valence-corrected chi connectivity index (χ1v) is 8.80. The summed E-state index contributed by atoms with van der Waals surface area (Å²) in [6, 6.07) is 5.37. The van der Waals surface area contributed by atoms with Crippen molar-refractivity contribution in [2.24, 2.45) is 0 Å². The number of hydrogen-bond donors (Lipinski definition) is 0. The Morgan fingerprint density at radius 1 is 1.15 bits per heavy atom. The van der Waals surface area contributed by atoms with Crippen molar-refractivity contribution in [1.29, 1.82) is 0 Å². The first kappa shape index (κ1) is 17.1. The molecule has 0 radical (unpaired) electrons. The van der Waals surface area contributed by atoms with Crippen LogP contribution in [0.2, 0.25) is 0 Å². The van der Waals surface area contributed by atoms with Crippen LogP contribution in [0, 0.1) is 0 Å². The summed E-state index contributed by atoms with van der Waals surface area (Å²) in [7, 11) is 0. The van der Waals surface area contributed by atoms with Crippen LogP contribution in [-0.2, 0) is 12.7 Å². The van der Waals surface area contributed by atoms with Crippen LogP contribution in [-0.4, -0.2) is 27.4 Å². The minimum Gasteiger partial charge on any atom is -0.351 e. The molecule has 1 aliphatic carbocycles. The second-order valence-electron chi connectivity index (χ2n) is 6.91. The van der Waals surface area contributed by atoms with Gasteiger partial charge in [-0.2, -0.15) is 18.3 Å². The third kappa shape index (κ3) is 3.32. The average molecular weight is 364 g/mol. The normalized spacial score (nSPS) is 20.6. The van der Waals surface area contributed by atoms with E-state index < -0.39 is 11.7 Å². The smallest absolute Gasteiger partial charge is 0.351 e. The molecule has 2 aliphatic rings. The summed E-state index contributed by atoms with van der Waals surface area (Å²) in [4.78, 5) is 17.8. The van der Waals surface area contributed by atoms with Gasteiger partial charge >= 0.3 is 6.18 Å². The van der Waals surface area contributed by atoms with Crippen LogP contribution in [0.25, 0.3) is 0 Å². The van der Waals surface area contributed by atoms with Crippen LogP contribution in [0.1, 0.15) is 42.9 Å². The van der Waals surface area contributed by atoms with Crippen LogP contribution in [0.3, 0.4) is 0 Å². The Balaban J connectivity index is 1.62. The Labute approximate surface area is 148 Å². The highest BCUT2D eigenvalue weighted by molar-refractivity contribution is 5.50. The molecule has 1 saturated heterocycles. The SMILES string of the molecule is O=c1ccc(C2CC2)nn1CC1CCCN1c1ncccc1C(F)(F)F. The van der Waals surface area contributed by atoms with E-state index >= 15 is 0 Å². The molecule has 2 aromatic rings. The first-order valence-electron chi connectivity index (χ1n) is 8.80. The molecule has 1 unspecified atom stereocenters. The predicted octanol–water partition coefficient (Wildman–Crippen LogP) is 3.20. The number of pyridine rings is 1. The molecule has 4 rings (SSSR count). The second kappa shape index (κ2) is 6.41. The van der Waals surface area contributed by atoms with E-state index in [4.69, 9.17) is 0 Å². The zero-order valence-electron chi connectivity index (χ0n) is 14.1. The molecule has 5 nitrogen and oxygen atoms in total. The molecule has 0 aromatic carbocycles. The molecule has 3 heterocycles. The maximum Gasteiger partial charge on any atom is 0.419 e. The molecule has 0 N–H and O–H groups in total. The van der Waals surface area contributed by atoms with E-state index in [0.29, 0.717) is 18.9 Å². The molecule has 26 heavy (non-hydrogen) atoms. The van der Waals surface area contributed by atoms with Crippen molar-refractivity contribution in [1.82, 2.24) is 14.8 Å². The lowest BCUT2D eigenvalue weighted by atomic mass is 10.2. The van der Waals surface area contributed by atoms with Crippen molar-refractivity contribution in [3.05, 3.63) is 52.1 Å². The Kier molecular flexibility index (Phi) is 4.20. The molecule has 0 bridgehead atoms. The van der Waals surface area contributed by atoms with Crippen LogP contribution >= 0.6 is 0 Å². The highest BCUT2D eigenvalue weighted by atomic mass is 19.4. The summed E-state index contributed by atoms with van der Waals surface area (Å²) >= 11 is 0. The number of anilines is 1. The number of aromatic nitrogens is 3. The van der Waals surface area contributed by atoms with Crippen LogP contribution in [0.15, 0.2) is 35.3 Å². The molecule has 1 atom stereocenters. The number of alkyl halides is 3. The van der Waals surface area contributed by atoms with Gasteiger partial charge in [0.05, 0.1) is 23.8 Å². The van der Waals surface area contributed by atoms with Crippen molar-refractivity contribution in [2.45, 2.75) is 50.4 Å². The molecule has 2 aromatic heterocycles. The topological polar surface area (TPSA) is 51.0 Å². The van der Waals surface area contributed by atoms with Crippen molar-refractivity contribution in [2.75, 3.05) is 11.4 Å². The van der Waals surface area contributed by atoms with E-state index in [9.17, 15) is 18.0 Å². The summed E-state index contributed by atoms with van der Waals surface area (Å²) < 4.78 is 41.4. The van der Waals surface area contributed by atoms with E-state index in [2.05, 4.69) is 10.1 Å². The van der Waals surface area contributed by atoms with Crippen LogP contribution < -0.4 is 10.5 Å². The van der Waals surface area contributed by atoms with Gasteiger partial charge in [-0.1, -0.05) is 0 Å². The van der Waals surface area contributed by atoms with Gasteiger partial charge in [0.15, 0.2) is 0 Å². The lowest BCUT2D eigenvalue weighted by Gasteiger charge is -2.28. The van der Waals surface area contributed by atoms with Crippen LogP contribution in [0.5, 0.6) is 0 Å². The van der Waals surface area contributed by atoms with Gasteiger partial charge in [0.25, 0.3) is 5.56 Å². The predicted molar refractivity (Wildman–Crippen MR) is 90.1 cm³/mol. The zero-order chi connectivity index (χ0) is 18.3. The third-order valence-electron chi connectivity index (χ3n) is 5.01. The van der Waals surface area contributed by atoms with Gasteiger partial charge in [-0.25, -0.2) is 9.67 Å². The summed E-state index contributed by atoms with van der Waals surface area (Å²) in [5, 5.41) is 4.43. The fourth-order valence-corrected chi connectivity index (χ4v) is 3.54. The lowest BCUT2D eigenvalue weighted by Crippen LogP contribution is -2.38. The van der Waals surface area contributed by atoms with Gasteiger partial charge in [-0.05, 0) is 43.9 Å². The summed E-state index contributed by atoms with van der Waals surface area (Å²) in [5.74, 6) is 0.350. The zero-order valence-corrected chi connectivity index (χ0v) is 14.1. The molecular weight excluding hydrogens is 345 g/mol. The lowest BCUT2D eigenvalue weighted by molar-refractivity contribution is -0.137. The Morgan fingerprint density at radius 2 is 1.96 bits per heavy atom. The van der Waals surface area contributed by atoms with E-state index in [1.165, 1.54) is 23.0 Å². The van der Waals surface area contributed by atoms with E-state index in [-0.39, 0.29) is 24.0 Å². The van der Waals surface area contributed by atoms with Gasteiger partial charge in [0, 0.05) is 24.7 Å². The molecule has 1 aliphatic heterocycles. The minimum absolute atomic E-state index is 0.0612. The third-order valence-corrected chi connectivity index (χ3v) is 5.01. The van der Waals surface area contributed by atoms with E-state index in [0.717, 1.165) is 31.0 Å². The number of hydrogen-bond acceptors (Lipinski definition) is 4. The molecule has 1 saturated carbocycles. The Morgan fingerprint density at radius 3 is 2.69 bits per heavy atom. The van der Waals surface area contributed by atoms with Crippen molar-refractivity contribution < 1.29 is 13.2 Å². The van der Waals surface area contributed by atoms with Crippen molar-refractivity contribution in [3.8, 4) is 0 Å². The number of nitrogens with zero attached hydrogens (tertiary/aromatic N) is 4. The standard InChI is InChI=1S/C18H19F3N4O/c19-18(20,21)14-4-1-9-22-17(14)24-10-2-3-13(24)11-25-16(26)8-7-15(23-25)12-5-6-12/h1,4,7-9,12-13H,2-3,5-6,10-11H2. The Bertz CT molecular complexity index is 860. The van der Waals surface area contributed by atoms with Gasteiger partial charge < -0.3 is 4.90 Å². The van der Waals surface area contributed by atoms with Gasteiger partial charge in [0.2, 0.25) is 0 Å². The molecule has 138 valence electrons. The monoisotopic (exact) mass is 364 g/mol. The molecular formula is C18H19F3N4O. The largest absolute Gasteiger partial charge is 0.419 e. The number of halogens is 3. The van der Waals surface area contributed by atoms with E-state index in [1.807, 2.05) is 0 Å². The van der Waals surface area contributed by atoms with E-state index in [1.54, 1.807) is 11.0 Å². The van der Waals surface area contributed by atoms with Crippen molar-refractivity contribution >= 4 is 5.82 Å². The number of rotatable bonds is 4. The minimum atomic E-state index is -4.46. The average Bonchev–Trinajstić information content (AvgIpc) is 3.35. The maximum absolute atomic E-state index is 13.3. The second-order valence-corrected chi connectivity index (χ2v) is 6.91. The van der Waals surface area contributed by atoms with Gasteiger partial charge in [0.1, 0.15) is 5.82 Å². The fraction of sp³-hybridized carbons (Fsp3) is 0.500. The molecule has 8 heteroatoms. The quantitative estimate of drug-likeness (QED) is 0.836. The first-order chi connectivity index (χ1) is 12.4. The highest BCUT2D eigenvalue weighted by Gasteiger charge is 2.38. The summed E-state index contributed by atoms with van der Waals surface area (Å²) in [5.41, 5.74) is -0.0692.